The quantitative estimate of drug-likeness (QED) is 0.890. The Morgan fingerprint density at radius 3 is 2.72 bits per heavy atom. The predicted octanol–water partition coefficient (Wildman–Crippen LogP) is 1.77. The normalized spacial score (nSPS) is 14.1. The third kappa shape index (κ3) is 3.57. The minimum absolute atomic E-state index is 0.0235. The molecule has 1 saturated carbocycles. The summed E-state index contributed by atoms with van der Waals surface area (Å²) in [6, 6.07) is 5.80. The molecular formula is C13H15BrN2O2. The van der Waals surface area contributed by atoms with Gasteiger partial charge in [0.05, 0.1) is 12.1 Å². The Morgan fingerprint density at radius 1 is 1.39 bits per heavy atom. The number of halogens is 1. The number of carbonyl (C=O) groups excluding carboxylic acids is 2. The number of carbonyl (C=O) groups is 2. The third-order valence-electron chi connectivity index (χ3n) is 2.72. The van der Waals surface area contributed by atoms with Gasteiger partial charge in [0.15, 0.2) is 0 Å². The van der Waals surface area contributed by atoms with Crippen molar-refractivity contribution in [2.75, 3.05) is 6.54 Å². The number of hydrogen-bond donors (Lipinski definition) is 2. The Kier molecular flexibility index (Phi) is 4.01. The topological polar surface area (TPSA) is 58.2 Å². The van der Waals surface area contributed by atoms with Gasteiger partial charge in [-0.1, -0.05) is 6.07 Å². The number of nitrogens with one attached hydrogen (secondary N) is 2. The molecule has 1 aliphatic rings. The highest BCUT2D eigenvalue weighted by Crippen LogP contribution is 2.19. The number of benzene rings is 1. The smallest absolute Gasteiger partial charge is 0.252 e. The molecule has 4 nitrogen and oxygen atoms in total. The standard InChI is InChI=1S/C13H15BrN2O2/c1-8-2-5-10(11(14)6-8)13(18)15-7-12(17)16-9-3-4-9/h2,5-6,9H,3-4,7H2,1H3,(H,15,18)(H,16,17). The summed E-state index contributed by atoms with van der Waals surface area (Å²) in [5.74, 6) is -0.373. The van der Waals surface area contributed by atoms with E-state index in [4.69, 9.17) is 0 Å². The maximum absolute atomic E-state index is 11.9. The summed E-state index contributed by atoms with van der Waals surface area (Å²) in [6.07, 6.45) is 2.09. The van der Waals surface area contributed by atoms with E-state index in [9.17, 15) is 9.59 Å². The monoisotopic (exact) mass is 310 g/mol. The van der Waals surface area contributed by atoms with E-state index >= 15 is 0 Å². The largest absolute Gasteiger partial charge is 0.352 e. The van der Waals surface area contributed by atoms with E-state index < -0.39 is 0 Å². The van der Waals surface area contributed by atoms with Gasteiger partial charge in [0.2, 0.25) is 5.91 Å². The maximum atomic E-state index is 11.9. The van der Waals surface area contributed by atoms with Crippen LogP contribution in [0.25, 0.3) is 0 Å². The van der Waals surface area contributed by atoms with E-state index in [-0.39, 0.29) is 18.4 Å². The van der Waals surface area contributed by atoms with Gasteiger partial charge in [0, 0.05) is 10.5 Å². The second-order valence-electron chi connectivity index (χ2n) is 4.51. The molecule has 0 bridgehead atoms. The molecule has 2 N–H and O–H groups in total. The van der Waals surface area contributed by atoms with Crippen LogP contribution < -0.4 is 10.6 Å². The van der Waals surface area contributed by atoms with Gasteiger partial charge in [0.25, 0.3) is 5.91 Å². The van der Waals surface area contributed by atoms with Gasteiger partial charge in [-0.15, -0.1) is 0 Å². The number of hydrogen-bond acceptors (Lipinski definition) is 2. The van der Waals surface area contributed by atoms with Gasteiger partial charge in [-0.3, -0.25) is 9.59 Å². The molecule has 0 aromatic heterocycles. The van der Waals surface area contributed by atoms with Crippen LogP contribution >= 0.6 is 15.9 Å². The zero-order chi connectivity index (χ0) is 13.1. The molecule has 0 spiro atoms. The van der Waals surface area contributed by atoms with Crippen LogP contribution in [0.4, 0.5) is 0 Å². The molecule has 1 aromatic carbocycles. The highest BCUT2D eigenvalue weighted by Gasteiger charge is 2.23. The van der Waals surface area contributed by atoms with Crippen LogP contribution in [0.1, 0.15) is 28.8 Å². The lowest BCUT2D eigenvalue weighted by Gasteiger charge is -2.07. The molecular weight excluding hydrogens is 296 g/mol. The van der Waals surface area contributed by atoms with Crippen LogP contribution in [0.5, 0.6) is 0 Å². The lowest BCUT2D eigenvalue weighted by molar-refractivity contribution is -0.120. The molecule has 1 fully saturated rings. The van der Waals surface area contributed by atoms with Crippen LogP contribution in [-0.2, 0) is 4.79 Å². The Hall–Kier alpha value is -1.36. The van der Waals surface area contributed by atoms with Crippen molar-refractivity contribution in [2.45, 2.75) is 25.8 Å². The van der Waals surface area contributed by atoms with E-state index in [1.54, 1.807) is 6.07 Å². The molecule has 0 atom stereocenters. The van der Waals surface area contributed by atoms with Crippen molar-refractivity contribution >= 4 is 27.7 Å². The summed E-state index contributed by atoms with van der Waals surface area (Å²) in [7, 11) is 0. The fourth-order valence-corrected chi connectivity index (χ4v) is 2.24. The summed E-state index contributed by atoms with van der Waals surface area (Å²) in [4.78, 5) is 23.3. The first-order valence-corrected chi connectivity index (χ1v) is 6.69. The Labute approximate surface area is 114 Å². The molecule has 1 aliphatic carbocycles. The first-order chi connectivity index (χ1) is 8.56. The van der Waals surface area contributed by atoms with Crippen LogP contribution in [0, 0.1) is 6.92 Å². The van der Waals surface area contributed by atoms with Crippen molar-refractivity contribution in [3.8, 4) is 0 Å². The van der Waals surface area contributed by atoms with Crippen LogP contribution in [0.15, 0.2) is 22.7 Å². The van der Waals surface area contributed by atoms with Gasteiger partial charge < -0.3 is 10.6 Å². The zero-order valence-electron chi connectivity index (χ0n) is 10.1. The van der Waals surface area contributed by atoms with Crippen molar-refractivity contribution in [2.24, 2.45) is 0 Å². The van der Waals surface area contributed by atoms with Crippen LogP contribution in [-0.4, -0.2) is 24.4 Å². The summed E-state index contributed by atoms with van der Waals surface area (Å²) in [5.41, 5.74) is 1.62. The number of amides is 2. The molecule has 1 aromatic rings. The molecule has 2 amide bonds. The molecule has 0 aliphatic heterocycles. The van der Waals surface area contributed by atoms with Crippen molar-refractivity contribution in [3.05, 3.63) is 33.8 Å². The minimum atomic E-state index is -0.243. The first kappa shape index (κ1) is 13.1. The summed E-state index contributed by atoms with van der Waals surface area (Å²) in [6.45, 7) is 1.98. The molecule has 2 rings (SSSR count). The van der Waals surface area contributed by atoms with Gasteiger partial charge in [-0.05, 0) is 53.4 Å². The molecule has 0 unspecified atom stereocenters. The van der Waals surface area contributed by atoms with Crippen LogP contribution in [0.2, 0.25) is 0 Å². The second-order valence-corrected chi connectivity index (χ2v) is 5.36. The zero-order valence-corrected chi connectivity index (χ0v) is 11.7. The van der Waals surface area contributed by atoms with Gasteiger partial charge in [-0.25, -0.2) is 0 Å². The summed E-state index contributed by atoms with van der Waals surface area (Å²) >= 11 is 3.34. The molecule has 18 heavy (non-hydrogen) atoms. The number of aryl methyl sites for hydroxylation is 1. The fraction of sp³-hybridized carbons (Fsp3) is 0.385. The summed E-state index contributed by atoms with van der Waals surface area (Å²) in [5, 5.41) is 5.43. The Morgan fingerprint density at radius 2 is 2.11 bits per heavy atom. The molecule has 0 heterocycles. The lowest BCUT2D eigenvalue weighted by atomic mass is 10.1. The third-order valence-corrected chi connectivity index (χ3v) is 3.38. The maximum Gasteiger partial charge on any atom is 0.252 e. The lowest BCUT2D eigenvalue weighted by Crippen LogP contribution is -2.37. The Balaban J connectivity index is 1.88. The minimum Gasteiger partial charge on any atom is -0.352 e. The van der Waals surface area contributed by atoms with E-state index in [0.717, 1.165) is 22.9 Å². The molecule has 96 valence electrons. The summed E-state index contributed by atoms with van der Waals surface area (Å²) < 4.78 is 0.739. The first-order valence-electron chi connectivity index (χ1n) is 5.90. The van der Waals surface area contributed by atoms with Crippen LogP contribution in [0.3, 0.4) is 0 Å². The van der Waals surface area contributed by atoms with Gasteiger partial charge in [-0.2, -0.15) is 0 Å². The van der Waals surface area contributed by atoms with Gasteiger partial charge in [0.1, 0.15) is 0 Å². The average Bonchev–Trinajstić information content (AvgIpc) is 3.10. The van der Waals surface area contributed by atoms with E-state index in [0.29, 0.717) is 11.6 Å². The highest BCUT2D eigenvalue weighted by atomic mass is 79.9. The van der Waals surface area contributed by atoms with Crippen molar-refractivity contribution < 1.29 is 9.59 Å². The van der Waals surface area contributed by atoms with E-state index in [2.05, 4.69) is 26.6 Å². The van der Waals surface area contributed by atoms with Crippen molar-refractivity contribution in [1.29, 1.82) is 0 Å². The average molecular weight is 311 g/mol. The van der Waals surface area contributed by atoms with Gasteiger partial charge >= 0.3 is 0 Å². The fourth-order valence-electron chi connectivity index (χ4n) is 1.57. The predicted molar refractivity (Wildman–Crippen MR) is 72.4 cm³/mol. The van der Waals surface area contributed by atoms with Crippen molar-refractivity contribution in [1.82, 2.24) is 10.6 Å². The highest BCUT2D eigenvalue weighted by molar-refractivity contribution is 9.10. The SMILES string of the molecule is Cc1ccc(C(=O)NCC(=O)NC2CC2)c(Br)c1. The molecule has 0 radical (unpaired) electrons. The Bertz CT molecular complexity index is 484. The second kappa shape index (κ2) is 5.52. The molecule has 0 saturated heterocycles. The number of rotatable bonds is 4. The van der Waals surface area contributed by atoms with Crippen molar-refractivity contribution in [3.63, 3.8) is 0 Å². The van der Waals surface area contributed by atoms with E-state index in [1.165, 1.54) is 0 Å². The molecule has 5 heteroatoms. The van der Waals surface area contributed by atoms with E-state index in [1.807, 2.05) is 19.1 Å².